The number of amides is 1. The average Bonchev–Trinajstić information content (AvgIpc) is 2.92. The third-order valence-electron chi connectivity index (χ3n) is 3.41. The quantitative estimate of drug-likeness (QED) is 0.486. The van der Waals surface area contributed by atoms with Crippen LogP contribution in [0.1, 0.15) is 29.2 Å². The third kappa shape index (κ3) is 3.69. The highest BCUT2D eigenvalue weighted by atomic mass is 19.4. The lowest BCUT2D eigenvalue weighted by Gasteiger charge is -2.32. The molecule has 1 aliphatic heterocycles. The molecule has 0 N–H and O–H groups in total. The van der Waals surface area contributed by atoms with Gasteiger partial charge in [0, 0.05) is 18.0 Å². The molecule has 1 aliphatic rings. The molecule has 6 nitrogen and oxygen atoms in total. The van der Waals surface area contributed by atoms with Gasteiger partial charge in [0.1, 0.15) is 5.76 Å². The van der Waals surface area contributed by atoms with Gasteiger partial charge in [-0.05, 0) is 30.5 Å². The van der Waals surface area contributed by atoms with Crippen molar-refractivity contribution in [3.05, 3.63) is 34.1 Å². The van der Waals surface area contributed by atoms with Crippen molar-refractivity contribution < 1.29 is 22.4 Å². The van der Waals surface area contributed by atoms with Crippen LogP contribution in [0.2, 0.25) is 0 Å². The first kappa shape index (κ1) is 15.2. The zero-order valence-electron chi connectivity index (χ0n) is 11.0. The Kier molecular flexibility index (Phi) is 4.42. The zero-order valence-corrected chi connectivity index (χ0v) is 11.0. The van der Waals surface area contributed by atoms with Crippen LogP contribution in [-0.2, 0) is 6.54 Å². The first-order valence-electron chi connectivity index (χ1n) is 6.37. The van der Waals surface area contributed by atoms with Crippen LogP contribution in [0, 0.1) is 5.92 Å². The minimum atomic E-state index is -4.21. The summed E-state index contributed by atoms with van der Waals surface area (Å²) in [6.07, 6.45) is -4.40. The summed E-state index contributed by atoms with van der Waals surface area (Å²) in [6, 6.07) is 2.94. The van der Waals surface area contributed by atoms with Crippen molar-refractivity contribution in [3.8, 4) is 0 Å². The zero-order chi connectivity index (χ0) is 15.5. The fraction of sp³-hybridized carbons (Fsp3) is 0.583. The number of azide groups is 1. The molecule has 114 valence electrons. The van der Waals surface area contributed by atoms with Gasteiger partial charge in [-0.15, -0.1) is 0 Å². The van der Waals surface area contributed by atoms with E-state index in [0.29, 0.717) is 5.76 Å². The molecule has 0 aliphatic carbocycles. The molecule has 0 atom stereocenters. The molecular weight excluding hydrogens is 289 g/mol. The lowest BCUT2D eigenvalue weighted by molar-refractivity contribution is -0.183. The van der Waals surface area contributed by atoms with Crippen molar-refractivity contribution in [1.82, 2.24) is 4.90 Å². The number of hydrogen-bond donors (Lipinski definition) is 0. The van der Waals surface area contributed by atoms with Gasteiger partial charge in [-0.25, -0.2) is 0 Å². The first-order valence-corrected chi connectivity index (χ1v) is 6.37. The maximum atomic E-state index is 12.6. The highest BCUT2D eigenvalue weighted by Gasteiger charge is 2.41. The molecule has 0 saturated carbocycles. The topological polar surface area (TPSA) is 82.2 Å². The molecule has 2 rings (SSSR count). The molecule has 0 radical (unpaired) electrons. The Morgan fingerprint density at radius 1 is 1.43 bits per heavy atom. The van der Waals surface area contributed by atoms with Crippen molar-refractivity contribution in [1.29, 1.82) is 0 Å². The van der Waals surface area contributed by atoms with Crippen LogP contribution in [0.3, 0.4) is 0 Å². The fourth-order valence-electron chi connectivity index (χ4n) is 2.24. The number of hydrogen-bond acceptors (Lipinski definition) is 3. The van der Waals surface area contributed by atoms with Crippen molar-refractivity contribution >= 4 is 5.91 Å². The van der Waals surface area contributed by atoms with Gasteiger partial charge in [-0.3, -0.25) is 4.79 Å². The van der Waals surface area contributed by atoms with E-state index in [2.05, 4.69) is 10.0 Å². The average molecular weight is 302 g/mol. The van der Waals surface area contributed by atoms with Gasteiger partial charge < -0.3 is 9.32 Å². The Morgan fingerprint density at radius 3 is 2.67 bits per heavy atom. The molecule has 0 spiro atoms. The molecule has 0 bridgehead atoms. The monoisotopic (exact) mass is 302 g/mol. The molecule has 2 heterocycles. The summed E-state index contributed by atoms with van der Waals surface area (Å²) in [4.78, 5) is 16.0. The third-order valence-corrected chi connectivity index (χ3v) is 3.41. The first-order chi connectivity index (χ1) is 9.91. The predicted molar refractivity (Wildman–Crippen MR) is 66.2 cm³/mol. The highest BCUT2D eigenvalue weighted by molar-refractivity contribution is 5.91. The van der Waals surface area contributed by atoms with Crippen LogP contribution in [0.15, 0.2) is 21.7 Å². The van der Waals surface area contributed by atoms with E-state index in [1.165, 1.54) is 17.0 Å². The molecule has 1 aromatic rings. The second-order valence-electron chi connectivity index (χ2n) is 4.76. The maximum Gasteiger partial charge on any atom is 0.391 e. The molecular formula is C12H13F3N4O2. The van der Waals surface area contributed by atoms with Gasteiger partial charge in [-0.2, -0.15) is 13.2 Å². The Hall–Kier alpha value is -2.15. The number of furan rings is 1. The standard InChI is InChI=1S/C12H13F3N4O2/c13-12(14,15)8-3-5-19(6-4-8)11(20)10-2-1-9(21-10)7-17-18-16/h1-2,8H,3-7H2. The van der Waals surface area contributed by atoms with Gasteiger partial charge >= 0.3 is 6.18 Å². The number of alkyl halides is 3. The molecule has 1 aromatic heterocycles. The fourth-order valence-corrected chi connectivity index (χ4v) is 2.24. The maximum absolute atomic E-state index is 12.6. The van der Waals surface area contributed by atoms with Crippen LogP contribution >= 0.6 is 0 Å². The number of rotatable bonds is 3. The van der Waals surface area contributed by atoms with Gasteiger partial charge in [0.2, 0.25) is 0 Å². The van der Waals surface area contributed by atoms with E-state index in [4.69, 9.17) is 9.95 Å². The molecule has 1 amide bonds. The summed E-state index contributed by atoms with van der Waals surface area (Å²) in [5.74, 6) is -1.41. The van der Waals surface area contributed by atoms with Crippen LogP contribution in [0.5, 0.6) is 0 Å². The summed E-state index contributed by atoms with van der Waals surface area (Å²) < 4.78 is 42.9. The van der Waals surface area contributed by atoms with Gasteiger partial charge in [-0.1, -0.05) is 5.11 Å². The van der Waals surface area contributed by atoms with Crippen LogP contribution in [0.4, 0.5) is 13.2 Å². The van der Waals surface area contributed by atoms with Gasteiger partial charge in [0.15, 0.2) is 5.76 Å². The van der Waals surface area contributed by atoms with Gasteiger partial charge in [0.05, 0.1) is 12.5 Å². The Bertz CT molecular complexity index is 555. The molecule has 0 aromatic carbocycles. The van der Waals surface area contributed by atoms with E-state index < -0.39 is 18.0 Å². The Morgan fingerprint density at radius 2 is 2.10 bits per heavy atom. The minimum absolute atomic E-state index is 0.0140. The number of carbonyl (C=O) groups excluding carboxylic acids is 1. The van der Waals surface area contributed by atoms with E-state index in [-0.39, 0.29) is 38.2 Å². The number of piperidine rings is 1. The van der Waals surface area contributed by atoms with E-state index in [1.807, 2.05) is 0 Å². The summed E-state index contributed by atoms with van der Waals surface area (Å²) >= 11 is 0. The van der Waals surface area contributed by atoms with Crippen LogP contribution in [-0.4, -0.2) is 30.1 Å². The summed E-state index contributed by atoms with van der Waals surface area (Å²) in [5, 5.41) is 3.30. The largest absolute Gasteiger partial charge is 0.456 e. The SMILES string of the molecule is [N-]=[N+]=NCc1ccc(C(=O)N2CCC(C(F)(F)F)CC2)o1. The number of nitrogens with zero attached hydrogens (tertiary/aromatic N) is 4. The molecule has 21 heavy (non-hydrogen) atoms. The Balaban J connectivity index is 1.95. The molecule has 0 unspecified atom stereocenters. The number of halogens is 3. The summed E-state index contributed by atoms with van der Waals surface area (Å²) in [7, 11) is 0. The van der Waals surface area contributed by atoms with E-state index in [9.17, 15) is 18.0 Å². The smallest absolute Gasteiger partial charge is 0.391 e. The molecule has 9 heteroatoms. The van der Waals surface area contributed by atoms with E-state index in [1.54, 1.807) is 0 Å². The summed E-state index contributed by atoms with van der Waals surface area (Å²) in [5.41, 5.74) is 8.19. The number of likely N-dealkylation sites (tertiary alicyclic amines) is 1. The van der Waals surface area contributed by atoms with Crippen molar-refractivity contribution in [3.63, 3.8) is 0 Å². The van der Waals surface area contributed by atoms with Crippen molar-refractivity contribution in [2.75, 3.05) is 13.1 Å². The van der Waals surface area contributed by atoms with E-state index >= 15 is 0 Å². The van der Waals surface area contributed by atoms with Crippen molar-refractivity contribution in [2.45, 2.75) is 25.6 Å². The normalized spacial score (nSPS) is 16.6. The Labute approximate surface area is 118 Å². The highest BCUT2D eigenvalue weighted by Crippen LogP contribution is 2.34. The van der Waals surface area contributed by atoms with Crippen LogP contribution < -0.4 is 0 Å². The van der Waals surface area contributed by atoms with Crippen molar-refractivity contribution in [2.24, 2.45) is 11.0 Å². The second kappa shape index (κ2) is 6.09. The van der Waals surface area contributed by atoms with Crippen LogP contribution in [0.25, 0.3) is 10.4 Å². The summed E-state index contributed by atoms with van der Waals surface area (Å²) in [6.45, 7) is 0.0880. The lowest BCUT2D eigenvalue weighted by atomic mass is 9.96. The van der Waals surface area contributed by atoms with Gasteiger partial charge in [0.25, 0.3) is 5.91 Å². The second-order valence-corrected chi connectivity index (χ2v) is 4.76. The number of carbonyl (C=O) groups is 1. The molecule has 1 fully saturated rings. The lowest BCUT2D eigenvalue weighted by Crippen LogP contribution is -2.42. The van der Waals surface area contributed by atoms with E-state index in [0.717, 1.165) is 0 Å². The predicted octanol–water partition coefficient (Wildman–Crippen LogP) is 3.50. The minimum Gasteiger partial charge on any atom is -0.456 e. The molecule has 1 saturated heterocycles.